The Labute approximate surface area is 242 Å². The highest BCUT2D eigenvalue weighted by atomic mass is 32.1. The molecule has 0 radical (unpaired) electrons. The van der Waals surface area contributed by atoms with Crippen molar-refractivity contribution in [1.29, 1.82) is 0 Å². The summed E-state index contributed by atoms with van der Waals surface area (Å²) in [5, 5.41) is 13.9. The highest BCUT2D eigenvalue weighted by Gasteiger charge is 2.25. The zero-order valence-electron chi connectivity index (χ0n) is 23.3. The number of aliphatic carboxylic acids is 1. The lowest BCUT2D eigenvalue weighted by Crippen LogP contribution is -2.39. The number of likely N-dealkylation sites (tertiary alicyclic amines) is 1. The van der Waals surface area contributed by atoms with Gasteiger partial charge in [0.25, 0.3) is 0 Å². The Morgan fingerprint density at radius 1 is 0.846 bits per heavy atom. The molecule has 0 amide bonds. The third-order valence-corrected chi connectivity index (χ3v) is 10.7. The second-order valence-electron chi connectivity index (χ2n) is 11.6. The Hall–Kier alpha value is -1.51. The second-order valence-corrected chi connectivity index (χ2v) is 13.4. The van der Waals surface area contributed by atoms with Crippen LogP contribution in [0.1, 0.15) is 104 Å². The average molecular weight is 572 g/mol. The van der Waals surface area contributed by atoms with E-state index in [1.807, 2.05) is 22.7 Å². The van der Waals surface area contributed by atoms with E-state index in [1.165, 1.54) is 90.7 Å². The number of thiophene rings is 2. The summed E-state index contributed by atoms with van der Waals surface area (Å²) in [5.41, 5.74) is 3.87. The number of ether oxygens (including phenoxy) is 2. The molecule has 5 rings (SSSR count). The van der Waals surface area contributed by atoms with Gasteiger partial charge in [0, 0.05) is 28.4 Å². The van der Waals surface area contributed by atoms with Crippen LogP contribution in [0.15, 0.2) is 29.0 Å². The van der Waals surface area contributed by atoms with Crippen LogP contribution in [0, 0.1) is 5.92 Å². The third kappa shape index (κ3) is 8.26. The molecule has 1 saturated heterocycles. The van der Waals surface area contributed by atoms with E-state index in [9.17, 15) is 9.90 Å². The summed E-state index contributed by atoms with van der Waals surface area (Å²) < 4.78 is 12.8. The standard InChI is InChI=1S/C32H45NO4S2/c34-32(35)24-9-7-17-33(21-24)18-8-14-29(30-25(15-19-38-30)22-36-27-10-3-1-4-11-27)31-26(16-20-39-31)23-37-28-12-5-2-6-13-28/h14-16,19-20,24,27-28H,1-13,17-18,21-23H2,(H,34,35)/t24-/m1/s1. The molecule has 3 fully saturated rings. The first-order valence-corrected chi connectivity index (χ1v) is 17.0. The number of rotatable bonds is 12. The summed E-state index contributed by atoms with van der Waals surface area (Å²) in [5.74, 6) is -0.887. The van der Waals surface area contributed by atoms with E-state index in [1.54, 1.807) is 0 Å². The molecular formula is C32H45NO4S2. The van der Waals surface area contributed by atoms with E-state index in [0.29, 0.717) is 32.0 Å². The Kier molecular flexibility index (Phi) is 11.1. The van der Waals surface area contributed by atoms with Gasteiger partial charge in [-0.3, -0.25) is 4.79 Å². The maximum absolute atomic E-state index is 11.6. The monoisotopic (exact) mass is 571 g/mol. The van der Waals surface area contributed by atoms with Gasteiger partial charge in [-0.1, -0.05) is 44.6 Å². The zero-order chi connectivity index (χ0) is 26.9. The minimum absolute atomic E-state index is 0.233. The fourth-order valence-electron chi connectivity index (χ4n) is 6.39. The van der Waals surface area contributed by atoms with Gasteiger partial charge in [0.1, 0.15) is 0 Å². The van der Waals surface area contributed by atoms with Crippen LogP contribution in [-0.2, 0) is 27.5 Å². The highest BCUT2D eigenvalue weighted by Crippen LogP contribution is 2.38. The molecule has 3 heterocycles. The predicted molar refractivity (Wildman–Crippen MR) is 160 cm³/mol. The maximum Gasteiger partial charge on any atom is 0.307 e. The zero-order valence-corrected chi connectivity index (χ0v) is 24.9. The summed E-state index contributed by atoms with van der Waals surface area (Å²) in [7, 11) is 0. The molecular weight excluding hydrogens is 526 g/mol. The van der Waals surface area contributed by atoms with Crippen molar-refractivity contribution in [3.63, 3.8) is 0 Å². The topological polar surface area (TPSA) is 59.0 Å². The number of carboxylic acids is 1. The number of carbonyl (C=O) groups is 1. The molecule has 0 aromatic carbocycles. The molecule has 0 bridgehead atoms. The Balaban J connectivity index is 1.32. The van der Waals surface area contributed by atoms with Gasteiger partial charge in [0.15, 0.2) is 0 Å². The number of carboxylic acid groups (broad SMARTS) is 1. The second kappa shape index (κ2) is 14.9. The van der Waals surface area contributed by atoms with Crippen LogP contribution in [-0.4, -0.2) is 47.8 Å². The normalized spacial score (nSPS) is 21.7. The quantitative estimate of drug-likeness (QED) is 0.279. The highest BCUT2D eigenvalue weighted by molar-refractivity contribution is 7.14. The number of nitrogens with zero attached hydrogens (tertiary/aromatic N) is 1. The fourth-order valence-corrected chi connectivity index (χ4v) is 8.37. The van der Waals surface area contributed by atoms with Crippen molar-refractivity contribution >= 4 is 34.2 Å². The fraction of sp³-hybridized carbons (Fsp3) is 0.656. The van der Waals surface area contributed by atoms with Gasteiger partial charge < -0.3 is 19.5 Å². The SMILES string of the molecule is O=C(O)[C@@H]1CCCN(CCC=C(c2sccc2COC2CCCCC2)c2sccc2COC2CCCCC2)C1. The van der Waals surface area contributed by atoms with E-state index >= 15 is 0 Å². The van der Waals surface area contributed by atoms with Gasteiger partial charge >= 0.3 is 5.97 Å². The molecule has 3 aliphatic rings. The summed E-state index contributed by atoms with van der Waals surface area (Å²) in [6.07, 6.45) is 18.4. The molecule has 1 aliphatic heterocycles. The van der Waals surface area contributed by atoms with Crippen LogP contribution in [0.5, 0.6) is 0 Å². The molecule has 1 N–H and O–H groups in total. The van der Waals surface area contributed by atoms with E-state index in [0.717, 1.165) is 32.4 Å². The lowest BCUT2D eigenvalue weighted by molar-refractivity contribution is -0.143. The summed E-state index contributed by atoms with van der Waals surface area (Å²) in [4.78, 5) is 16.5. The molecule has 2 aromatic heterocycles. The predicted octanol–water partition coefficient (Wildman–Crippen LogP) is 8.13. The molecule has 214 valence electrons. The average Bonchev–Trinajstić information content (AvgIpc) is 3.64. The van der Waals surface area contributed by atoms with Crippen LogP contribution in [0.25, 0.3) is 5.57 Å². The van der Waals surface area contributed by atoms with Crippen LogP contribution in [0.4, 0.5) is 0 Å². The van der Waals surface area contributed by atoms with Crippen molar-refractivity contribution in [1.82, 2.24) is 4.90 Å². The number of piperidine rings is 1. The van der Waals surface area contributed by atoms with Gasteiger partial charge in [-0.05, 0) is 85.5 Å². The molecule has 2 aromatic rings. The molecule has 0 unspecified atom stereocenters. The van der Waals surface area contributed by atoms with Crippen molar-refractivity contribution in [3.8, 4) is 0 Å². The van der Waals surface area contributed by atoms with Crippen LogP contribution < -0.4 is 0 Å². The molecule has 2 aliphatic carbocycles. The first-order valence-electron chi connectivity index (χ1n) is 15.2. The lowest BCUT2D eigenvalue weighted by Gasteiger charge is -2.30. The number of hydrogen-bond acceptors (Lipinski definition) is 6. The minimum Gasteiger partial charge on any atom is -0.481 e. The molecule has 1 atom stereocenters. The van der Waals surface area contributed by atoms with Gasteiger partial charge in [0.2, 0.25) is 0 Å². The molecule has 0 spiro atoms. The summed E-state index contributed by atoms with van der Waals surface area (Å²) >= 11 is 3.63. The van der Waals surface area contributed by atoms with E-state index in [4.69, 9.17) is 9.47 Å². The van der Waals surface area contributed by atoms with Crippen molar-refractivity contribution < 1.29 is 19.4 Å². The number of hydrogen-bond donors (Lipinski definition) is 1. The van der Waals surface area contributed by atoms with Crippen LogP contribution >= 0.6 is 22.7 Å². The van der Waals surface area contributed by atoms with Gasteiger partial charge in [-0.2, -0.15) is 0 Å². The minimum atomic E-state index is -0.654. The Morgan fingerprint density at radius 2 is 1.41 bits per heavy atom. The smallest absolute Gasteiger partial charge is 0.307 e. The van der Waals surface area contributed by atoms with Crippen LogP contribution in [0.3, 0.4) is 0 Å². The first kappa shape index (κ1) is 29.0. The van der Waals surface area contributed by atoms with Gasteiger partial charge in [-0.15, -0.1) is 22.7 Å². The third-order valence-electron chi connectivity index (χ3n) is 8.68. The maximum atomic E-state index is 11.6. The summed E-state index contributed by atoms with van der Waals surface area (Å²) in [6.45, 7) is 3.90. The largest absolute Gasteiger partial charge is 0.481 e. The molecule has 5 nitrogen and oxygen atoms in total. The molecule has 7 heteroatoms. The van der Waals surface area contributed by atoms with Gasteiger partial charge in [-0.25, -0.2) is 0 Å². The Morgan fingerprint density at radius 3 is 1.95 bits per heavy atom. The van der Waals surface area contributed by atoms with Crippen molar-refractivity contribution in [2.24, 2.45) is 5.92 Å². The van der Waals surface area contributed by atoms with Crippen LogP contribution in [0.2, 0.25) is 0 Å². The lowest BCUT2D eigenvalue weighted by atomic mass is 9.97. The van der Waals surface area contributed by atoms with Gasteiger partial charge in [0.05, 0.1) is 31.3 Å². The van der Waals surface area contributed by atoms with E-state index in [-0.39, 0.29) is 5.92 Å². The Bertz CT molecular complexity index is 1000. The molecule has 2 saturated carbocycles. The van der Waals surface area contributed by atoms with Crippen molar-refractivity contribution in [3.05, 3.63) is 49.9 Å². The van der Waals surface area contributed by atoms with Crippen molar-refractivity contribution in [2.75, 3.05) is 19.6 Å². The van der Waals surface area contributed by atoms with Crippen molar-refractivity contribution in [2.45, 2.75) is 109 Å². The van der Waals surface area contributed by atoms with E-state index < -0.39 is 5.97 Å². The van der Waals surface area contributed by atoms with E-state index in [2.05, 4.69) is 33.9 Å². The summed E-state index contributed by atoms with van der Waals surface area (Å²) in [6, 6.07) is 4.48. The molecule has 39 heavy (non-hydrogen) atoms. The first-order chi connectivity index (χ1) is 19.2.